The van der Waals surface area contributed by atoms with Gasteiger partial charge in [-0.1, -0.05) is 121 Å². The van der Waals surface area contributed by atoms with Crippen LogP contribution in [0.15, 0.2) is 121 Å². The Morgan fingerprint density at radius 2 is 0.922 bits per heavy atom. The van der Waals surface area contributed by atoms with Crippen molar-refractivity contribution in [3.8, 4) is 0 Å². The van der Waals surface area contributed by atoms with E-state index in [1.54, 1.807) is 0 Å². The molecule has 2 fully saturated rings. The Labute approximate surface area is 299 Å². The lowest BCUT2D eigenvalue weighted by atomic mass is 9.96. The molecule has 0 amide bonds. The van der Waals surface area contributed by atoms with Crippen LogP contribution in [0.2, 0.25) is 0 Å². The molecule has 10 heteroatoms. The highest BCUT2D eigenvalue weighted by molar-refractivity contribution is 5.16. The first kappa shape index (κ1) is 37.2. The highest BCUT2D eigenvalue weighted by atomic mass is 16.8. The molecule has 10 atom stereocenters. The van der Waals surface area contributed by atoms with Crippen molar-refractivity contribution in [3.63, 3.8) is 0 Å². The van der Waals surface area contributed by atoms with Crippen LogP contribution in [0.25, 0.3) is 0 Å². The van der Waals surface area contributed by atoms with E-state index < -0.39 is 68.0 Å². The standard InChI is InChI=1S/C41H48O10/c1-28-35(45-24-29-15-7-3-8-16-29)37(47-26-31-19-11-5-12-20-31)38(48-27-32-21-13-6-14-22-32)41(49-28)51-39-36(46-25-30-17-9-4-10-18-30)34(43)33(23-42)50-40(39)44-2/h3-22,28,33-43H,23-27H2,1-2H3. The van der Waals surface area contributed by atoms with Gasteiger partial charge in [0.1, 0.15) is 42.7 Å². The molecule has 2 aliphatic heterocycles. The number of rotatable bonds is 16. The van der Waals surface area contributed by atoms with Crippen LogP contribution in [-0.4, -0.2) is 85.3 Å². The molecule has 2 heterocycles. The van der Waals surface area contributed by atoms with Crippen LogP contribution < -0.4 is 0 Å². The molecule has 6 rings (SSSR count). The maximum atomic E-state index is 11.4. The van der Waals surface area contributed by atoms with Crippen LogP contribution in [0, 0.1) is 0 Å². The second-order valence-corrected chi connectivity index (χ2v) is 12.8. The third kappa shape index (κ3) is 9.88. The van der Waals surface area contributed by atoms with Crippen molar-refractivity contribution in [3.05, 3.63) is 144 Å². The fourth-order valence-corrected chi connectivity index (χ4v) is 6.47. The van der Waals surface area contributed by atoms with Gasteiger partial charge in [0, 0.05) is 7.11 Å². The minimum atomic E-state index is -1.23. The Balaban J connectivity index is 1.31. The third-order valence-corrected chi connectivity index (χ3v) is 9.19. The third-order valence-electron chi connectivity index (χ3n) is 9.19. The van der Waals surface area contributed by atoms with Crippen LogP contribution in [0.4, 0.5) is 0 Å². The quantitative estimate of drug-likeness (QED) is 0.162. The Kier molecular flexibility index (Phi) is 13.7. The smallest absolute Gasteiger partial charge is 0.187 e. The average molecular weight is 701 g/mol. The monoisotopic (exact) mass is 700 g/mol. The zero-order valence-electron chi connectivity index (χ0n) is 29.0. The molecule has 2 saturated heterocycles. The van der Waals surface area contributed by atoms with E-state index in [1.807, 2.05) is 128 Å². The molecule has 2 aliphatic rings. The van der Waals surface area contributed by atoms with Gasteiger partial charge in [-0.3, -0.25) is 0 Å². The van der Waals surface area contributed by atoms with Crippen molar-refractivity contribution in [2.45, 2.75) is 94.8 Å². The van der Waals surface area contributed by atoms with Crippen LogP contribution in [0.3, 0.4) is 0 Å². The number of benzene rings is 4. The van der Waals surface area contributed by atoms with Crippen molar-refractivity contribution < 1.29 is 48.1 Å². The Morgan fingerprint density at radius 3 is 1.35 bits per heavy atom. The molecule has 10 nitrogen and oxygen atoms in total. The highest BCUT2D eigenvalue weighted by Gasteiger charge is 2.53. The van der Waals surface area contributed by atoms with Gasteiger partial charge in [-0.2, -0.15) is 0 Å². The molecule has 0 aromatic heterocycles. The van der Waals surface area contributed by atoms with Gasteiger partial charge >= 0.3 is 0 Å². The summed E-state index contributed by atoms with van der Waals surface area (Å²) in [7, 11) is 1.48. The van der Waals surface area contributed by atoms with Gasteiger partial charge in [0.25, 0.3) is 0 Å². The summed E-state index contributed by atoms with van der Waals surface area (Å²) in [6, 6.07) is 39.3. The zero-order chi connectivity index (χ0) is 35.4. The van der Waals surface area contributed by atoms with Crippen molar-refractivity contribution in [2.24, 2.45) is 0 Å². The fraction of sp³-hybridized carbons (Fsp3) is 0.415. The maximum absolute atomic E-state index is 11.4. The second-order valence-electron chi connectivity index (χ2n) is 12.8. The lowest BCUT2D eigenvalue weighted by Crippen LogP contribution is -2.65. The van der Waals surface area contributed by atoms with Crippen LogP contribution in [0.1, 0.15) is 29.2 Å². The number of aliphatic hydroxyl groups is 2. The van der Waals surface area contributed by atoms with E-state index in [9.17, 15) is 10.2 Å². The maximum Gasteiger partial charge on any atom is 0.187 e. The predicted octanol–water partition coefficient (Wildman–Crippen LogP) is 5.18. The molecule has 10 unspecified atom stereocenters. The van der Waals surface area contributed by atoms with Gasteiger partial charge < -0.3 is 48.1 Å². The SMILES string of the molecule is COC1OC(CO)C(O)C(OCc2ccccc2)C1OC1OC(C)C(OCc2ccccc2)C(OCc2ccccc2)C1OCc1ccccc1. The summed E-state index contributed by atoms with van der Waals surface area (Å²) in [6.07, 6.45) is -8.62. The largest absolute Gasteiger partial charge is 0.394 e. The highest BCUT2D eigenvalue weighted by Crippen LogP contribution is 2.35. The normalized spacial score (nSPS) is 29.5. The lowest BCUT2D eigenvalue weighted by Gasteiger charge is -2.49. The van der Waals surface area contributed by atoms with Gasteiger partial charge in [0.2, 0.25) is 0 Å². The molecule has 0 bridgehead atoms. The molecule has 0 radical (unpaired) electrons. The first-order valence-corrected chi connectivity index (χ1v) is 17.4. The minimum Gasteiger partial charge on any atom is -0.394 e. The number of aliphatic hydroxyl groups excluding tert-OH is 2. The van der Waals surface area contributed by atoms with E-state index in [0.29, 0.717) is 13.2 Å². The predicted molar refractivity (Wildman–Crippen MR) is 188 cm³/mol. The molecule has 51 heavy (non-hydrogen) atoms. The summed E-state index contributed by atoms with van der Waals surface area (Å²) in [5.74, 6) is 0. The number of hydrogen-bond acceptors (Lipinski definition) is 10. The number of ether oxygens (including phenoxy) is 8. The van der Waals surface area contributed by atoms with Crippen molar-refractivity contribution in [1.82, 2.24) is 0 Å². The topological polar surface area (TPSA) is 114 Å². The molecule has 0 saturated carbocycles. The van der Waals surface area contributed by atoms with Crippen LogP contribution in [-0.2, 0) is 64.3 Å². The number of hydrogen-bond donors (Lipinski definition) is 2. The van der Waals surface area contributed by atoms with E-state index in [4.69, 9.17) is 37.9 Å². The van der Waals surface area contributed by atoms with E-state index in [2.05, 4.69) is 0 Å². The van der Waals surface area contributed by atoms with Gasteiger partial charge in [-0.15, -0.1) is 0 Å². The molecular weight excluding hydrogens is 652 g/mol. The van der Waals surface area contributed by atoms with E-state index in [0.717, 1.165) is 22.3 Å². The van der Waals surface area contributed by atoms with Gasteiger partial charge in [0.15, 0.2) is 12.6 Å². The zero-order valence-corrected chi connectivity index (χ0v) is 29.0. The molecule has 272 valence electrons. The lowest BCUT2D eigenvalue weighted by molar-refractivity contribution is -0.375. The summed E-state index contributed by atoms with van der Waals surface area (Å²) < 4.78 is 51.4. The first-order valence-electron chi connectivity index (χ1n) is 17.4. The molecule has 0 aliphatic carbocycles. The van der Waals surface area contributed by atoms with E-state index in [1.165, 1.54) is 7.11 Å². The summed E-state index contributed by atoms with van der Waals surface area (Å²) in [6.45, 7) is 2.56. The average Bonchev–Trinajstić information content (AvgIpc) is 3.18. The summed E-state index contributed by atoms with van der Waals surface area (Å²) in [5, 5.41) is 21.5. The molecule has 0 spiro atoms. The van der Waals surface area contributed by atoms with Crippen molar-refractivity contribution in [2.75, 3.05) is 13.7 Å². The first-order chi connectivity index (χ1) is 25.0. The second kappa shape index (κ2) is 18.8. The Bertz CT molecular complexity index is 1550. The van der Waals surface area contributed by atoms with E-state index >= 15 is 0 Å². The van der Waals surface area contributed by atoms with Crippen LogP contribution >= 0.6 is 0 Å². The van der Waals surface area contributed by atoms with E-state index in [-0.39, 0.29) is 13.2 Å². The fourth-order valence-electron chi connectivity index (χ4n) is 6.47. The minimum absolute atomic E-state index is 0.186. The molecule has 4 aromatic rings. The summed E-state index contributed by atoms with van der Waals surface area (Å²) in [5.41, 5.74) is 3.87. The van der Waals surface area contributed by atoms with Crippen LogP contribution in [0.5, 0.6) is 0 Å². The van der Waals surface area contributed by atoms with Crippen molar-refractivity contribution in [1.29, 1.82) is 0 Å². The number of methoxy groups -OCH3 is 1. The van der Waals surface area contributed by atoms with Gasteiger partial charge in [-0.05, 0) is 29.2 Å². The van der Waals surface area contributed by atoms with Gasteiger partial charge in [-0.25, -0.2) is 0 Å². The Morgan fingerprint density at radius 1 is 0.510 bits per heavy atom. The van der Waals surface area contributed by atoms with Gasteiger partial charge in [0.05, 0.1) is 39.1 Å². The summed E-state index contributed by atoms with van der Waals surface area (Å²) >= 11 is 0. The van der Waals surface area contributed by atoms with Crippen molar-refractivity contribution >= 4 is 0 Å². The molecule has 4 aromatic carbocycles. The molecular formula is C41H48O10. The summed E-state index contributed by atoms with van der Waals surface area (Å²) in [4.78, 5) is 0. The molecule has 2 N–H and O–H groups in total. The Hall–Kier alpha value is -3.52.